The maximum Gasteiger partial charge on any atom is 0.488 e. The molecule has 3 amide bonds. The number of pyridine rings is 3. The van der Waals surface area contributed by atoms with Gasteiger partial charge >= 0.3 is 7.12 Å². The molecule has 0 radical (unpaired) electrons. The van der Waals surface area contributed by atoms with E-state index in [0.29, 0.717) is 5.46 Å². The number of hydrogen-bond donors (Lipinski definition) is 5. The Morgan fingerprint density at radius 1 is 0.418 bits per heavy atom. The Bertz CT molecular complexity index is 3130. The van der Waals surface area contributed by atoms with Gasteiger partial charge in [-0.05, 0) is 153 Å². The lowest BCUT2D eigenvalue weighted by Gasteiger charge is -2.35. The summed E-state index contributed by atoms with van der Waals surface area (Å²) in [6.07, 6.45) is 16.1. The van der Waals surface area contributed by atoms with Gasteiger partial charge in [0.2, 0.25) is 17.7 Å². The minimum Gasteiger partial charge on any atom is -0.423 e. The molecule has 0 spiro atoms. The number of halogens is 3. The van der Waals surface area contributed by atoms with Gasteiger partial charge < -0.3 is 41.9 Å². The molecule has 8 N–H and O–H groups in total. The van der Waals surface area contributed by atoms with Crippen molar-refractivity contribution in [2.24, 2.45) is 35.0 Å². The highest BCUT2D eigenvalue weighted by atomic mass is 79.9. The molecule has 79 heavy (non-hydrogen) atoms. The Morgan fingerprint density at radius 2 is 0.696 bits per heavy atom. The second kappa shape index (κ2) is 28.6. The third-order valence-electron chi connectivity index (χ3n) is 15.0. The smallest absolute Gasteiger partial charge is 0.423 e. The summed E-state index contributed by atoms with van der Waals surface area (Å²) in [6.45, 7) is 13.2. The third kappa shape index (κ3) is 15.5. The first-order valence-electron chi connectivity index (χ1n) is 26.6. The van der Waals surface area contributed by atoms with Crippen molar-refractivity contribution in [2.75, 3.05) is 54.0 Å². The quantitative estimate of drug-likeness (QED) is 0.0812. The summed E-state index contributed by atoms with van der Waals surface area (Å²) in [4.78, 5) is 54.2. The highest BCUT2D eigenvalue weighted by Gasteiger charge is 2.29. The van der Waals surface area contributed by atoms with E-state index in [0.717, 1.165) is 125 Å². The minimum atomic E-state index is -1.35. The van der Waals surface area contributed by atoms with E-state index in [-0.39, 0.29) is 35.5 Å². The molecule has 412 valence electrons. The Morgan fingerprint density at radius 3 is 1.03 bits per heavy atom. The SMILES string of the molecule is Cc1ccccc1-c1cncc(-c2ccccc2C)c1N1CCC(C(N)=O)CC1.Cc1ccccc1-c1cncc(Br)c1N1CCC(C(N)=O)CC1.Cc1ccccc1B(O)O.NC(=O)C1CCN(c2c(Br)cncc2Br)CC1. The highest BCUT2D eigenvalue weighted by Crippen LogP contribution is 2.43. The van der Waals surface area contributed by atoms with Gasteiger partial charge in [0.15, 0.2) is 0 Å². The highest BCUT2D eigenvalue weighted by molar-refractivity contribution is 9.11. The van der Waals surface area contributed by atoms with Crippen LogP contribution in [0.25, 0.3) is 33.4 Å². The fourth-order valence-corrected chi connectivity index (χ4v) is 12.5. The van der Waals surface area contributed by atoms with Crippen LogP contribution in [-0.2, 0) is 14.4 Å². The molecule has 4 aromatic carbocycles. The summed E-state index contributed by atoms with van der Waals surface area (Å²) in [5, 5.41) is 17.5. The molecule has 0 bridgehead atoms. The van der Waals surface area contributed by atoms with E-state index in [2.05, 4.69) is 159 Å². The first-order chi connectivity index (χ1) is 37.9. The van der Waals surface area contributed by atoms with Crippen LogP contribution < -0.4 is 37.4 Å². The molecule has 0 unspecified atom stereocenters. The summed E-state index contributed by atoms with van der Waals surface area (Å²) in [7, 11) is -1.35. The second-order valence-electron chi connectivity index (χ2n) is 20.2. The van der Waals surface area contributed by atoms with Crippen LogP contribution in [0.3, 0.4) is 0 Å². The van der Waals surface area contributed by atoms with Gasteiger partial charge in [-0.25, -0.2) is 0 Å². The first-order valence-corrected chi connectivity index (χ1v) is 29.0. The van der Waals surface area contributed by atoms with Crippen molar-refractivity contribution in [2.45, 2.75) is 66.2 Å². The van der Waals surface area contributed by atoms with Crippen LogP contribution in [0.2, 0.25) is 0 Å². The van der Waals surface area contributed by atoms with E-state index in [1.54, 1.807) is 24.5 Å². The maximum atomic E-state index is 11.7. The maximum absolute atomic E-state index is 11.7. The monoisotopic (exact) mass is 1260 g/mol. The number of aromatic nitrogens is 3. The number of benzene rings is 4. The minimum absolute atomic E-state index is 0.00576. The molecule has 18 heteroatoms. The van der Waals surface area contributed by atoms with Gasteiger partial charge in [-0.15, -0.1) is 0 Å². The summed E-state index contributed by atoms with van der Waals surface area (Å²) >= 11 is 10.7. The van der Waals surface area contributed by atoms with Gasteiger partial charge in [0.25, 0.3) is 0 Å². The zero-order chi connectivity index (χ0) is 56.8. The molecule has 3 saturated heterocycles. The molecule has 6 heterocycles. The number of rotatable bonds is 10. The molecule has 3 aromatic heterocycles. The average molecular weight is 1260 g/mol. The Kier molecular flexibility index (Phi) is 21.8. The molecule has 0 aliphatic carbocycles. The number of piperidine rings is 3. The number of nitrogens with zero attached hydrogens (tertiary/aromatic N) is 6. The van der Waals surface area contributed by atoms with Gasteiger partial charge in [-0.3, -0.25) is 29.3 Å². The van der Waals surface area contributed by atoms with Gasteiger partial charge in [0, 0.05) is 111 Å². The molecular weight excluding hydrogens is 1190 g/mol. The zero-order valence-corrected chi connectivity index (χ0v) is 49.9. The second-order valence-corrected chi connectivity index (χ2v) is 22.8. The number of aryl methyl sites for hydroxylation is 4. The van der Waals surface area contributed by atoms with Crippen LogP contribution in [0, 0.1) is 45.4 Å². The standard InChI is InChI=1S/C25H27N3O.C18H20BrN3O.C11H13Br2N3O.C7H9BO2/c1-17-7-3-5-9-20(17)22-15-27-16-23(21-10-6-4-8-18(21)2)24(22)28-13-11-19(12-14-28)25(26)29;1-12-4-2-3-5-14(12)15-10-21-11-16(19)17(15)22-8-6-13(7-9-22)18(20)23;12-8-5-15-6-9(13)10(8)16-3-1-7(2-4-16)11(14)17;1-6-4-2-3-5-7(6)8(9)10/h3-10,15-16,19H,11-14H2,1-2H3,(H2,26,29);2-5,10-11,13H,6-9H2,1H3,(H2,20,23);5-7H,1-4H2,(H2,14,17);2-5,9-10H,1H3. The van der Waals surface area contributed by atoms with E-state index < -0.39 is 7.12 Å². The van der Waals surface area contributed by atoms with Gasteiger partial charge in [0.05, 0.1) is 30.5 Å². The third-order valence-corrected chi connectivity index (χ3v) is 16.8. The number of amides is 3. The molecule has 14 nitrogen and oxygen atoms in total. The summed E-state index contributed by atoms with van der Waals surface area (Å²) in [5.74, 6) is -0.566. The normalized spacial score (nSPS) is 14.9. The van der Waals surface area contributed by atoms with E-state index in [1.165, 1.54) is 39.1 Å². The number of nitrogens with two attached hydrogens (primary N) is 3. The van der Waals surface area contributed by atoms with Crippen molar-refractivity contribution in [3.05, 3.63) is 170 Å². The Hall–Kier alpha value is -6.44. The van der Waals surface area contributed by atoms with Crippen LogP contribution >= 0.6 is 47.8 Å². The number of anilines is 3. The predicted octanol–water partition coefficient (Wildman–Crippen LogP) is 10.2. The summed E-state index contributed by atoms with van der Waals surface area (Å²) < 4.78 is 2.91. The summed E-state index contributed by atoms with van der Waals surface area (Å²) in [6, 6.07) is 32.4. The first kappa shape index (κ1) is 60.2. The molecule has 0 saturated carbocycles. The Balaban J connectivity index is 0.000000162. The number of hydrogen-bond acceptors (Lipinski definition) is 11. The molecule has 7 aromatic rings. The van der Waals surface area contributed by atoms with Crippen LogP contribution in [0.1, 0.15) is 60.8 Å². The van der Waals surface area contributed by atoms with Crippen molar-refractivity contribution in [3.63, 3.8) is 0 Å². The lowest BCUT2D eigenvalue weighted by Crippen LogP contribution is -2.39. The van der Waals surface area contributed by atoms with Crippen molar-refractivity contribution >= 4 is 95.2 Å². The van der Waals surface area contributed by atoms with Gasteiger partial charge in [-0.1, -0.05) is 103 Å². The molecule has 3 fully saturated rings. The van der Waals surface area contributed by atoms with Gasteiger partial charge in [0.1, 0.15) is 0 Å². The van der Waals surface area contributed by atoms with Crippen LogP contribution in [-0.4, -0.2) is 89.1 Å². The topological polar surface area (TPSA) is 218 Å². The lowest BCUT2D eigenvalue weighted by atomic mass is 9.77. The molecule has 10 rings (SSSR count). The van der Waals surface area contributed by atoms with E-state index in [9.17, 15) is 14.4 Å². The van der Waals surface area contributed by atoms with Crippen molar-refractivity contribution in [1.82, 2.24) is 15.0 Å². The van der Waals surface area contributed by atoms with Crippen molar-refractivity contribution in [3.8, 4) is 33.4 Å². The average Bonchev–Trinajstić information content (AvgIpc) is 3.53. The van der Waals surface area contributed by atoms with E-state index in [1.807, 2.05) is 56.0 Å². The van der Waals surface area contributed by atoms with Crippen molar-refractivity contribution in [1.29, 1.82) is 0 Å². The van der Waals surface area contributed by atoms with Crippen LogP contribution in [0.4, 0.5) is 17.1 Å². The van der Waals surface area contributed by atoms with Crippen molar-refractivity contribution < 1.29 is 24.4 Å². The number of carbonyl (C=O) groups is 3. The molecule has 3 aliphatic rings. The molecule has 0 atom stereocenters. The fourth-order valence-electron chi connectivity index (χ4n) is 10.5. The van der Waals surface area contributed by atoms with Crippen LogP contribution in [0.5, 0.6) is 0 Å². The van der Waals surface area contributed by atoms with Crippen LogP contribution in [0.15, 0.2) is 148 Å². The molecule has 3 aliphatic heterocycles. The lowest BCUT2D eigenvalue weighted by molar-refractivity contribution is -0.123. The predicted molar refractivity (Wildman–Crippen MR) is 330 cm³/mol. The number of carbonyl (C=O) groups excluding carboxylic acids is 3. The van der Waals surface area contributed by atoms with Gasteiger partial charge in [-0.2, -0.15) is 0 Å². The largest absolute Gasteiger partial charge is 0.488 e. The van der Waals surface area contributed by atoms with E-state index in [4.69, 9.17) is 27.2 Å². The fraction of sp³-hybridized carbons (Fsp3) is 0.311. The zero-order valence-electron chi connectivity index (χ0n) is 45.2. The molecular formula is C61H69BBr3N9O5. The number of primary amides is 3. The van der Waals surface area contributed by atoms with E-state index >= 15 is 0 Å². The Labute approximate surface area is 489 Å². The summed E-state index contributed by atoms with van der Waals surface area (Å²) in [5.41, 5.74) is 31.9.